The first-order valence-electron chi connectivity index (χ1n) is 5.15. The first-order chi connectivity index (χ1) is 7.54. The molecule has 0 aliphatic carbocycles. The summed E-state index contributed by atoms with van der Waals surface area (Å²) in [5.41, 5.74) is 7.45. The molecule has 0 bridgehead atoms. The van der Waals surface area contributed by atoms with Crippen LogP contribution in [-0.2, 0) is 6.54 Å². The number of rotatable bonds is 2. The summed E-state index contributed by atoms with van der Waals surface area (Å²) < 4.78 is 5.68. The van der Waals surface area contributed by atoms with Gasteiger partial charge in [0.1, 0.15) is 5.76 Å². The molecule has 2 N–H and O–H groups in total. The number of benzene rings is 1. The first-order valence-corrected chi connectivity index (χ1v) is 5.90. The number of hydrogen-bond donors (Lipinski definition) is 1. The minimum atomic E-state index is 0.328. The van der Waals surface area contributed by atoms with E-state index in [2.05, 4.69) is 13.8 Å². The minimum absolute atomic E-state index is 0.328. The van der Waals surface area contributed by atoms with Crippen molar-refractivity contribution in [1.82, 2.24) is 0 Å². The predicted molar refractivity (Wildman–Crippen MR) is 68.2 cm³/mol. The smallest absolute Gasteiger partial charge is 0.153 e. The molecular weight excluding hydrogens is 245 g/mol. The molecule has 0 saturated heterocycles. The largest absolute Gasteiger partial charge is 0.458 e. The van der Waals surface area contributed by atoms with Gasteiger partial charge in [-0.2, -0.15) is 0 Å². The standard InChI is InChI=1S/C12H13Cl2NO/c1-6(2)11-8-3-7(13)4-9(14)12(8)16-10(11)5-15/h3-4,6H,5,15H2,1-2H3. The van der Waals surface area contributed by atoms with Crippen molar-refractivity contribution in [1.29, 1.82) is 0 Å². The van der Waals surface area contributed by atoms with Gasteiger partial charge in [-0.15, -0.1) is 0 Å². The van der Waals surface area contributed by atoms with E-state index in [9.17, 15) is 0 Å². The summed E-state index contributed by atoms with van der Waals surface area (Å²) in [6.07, 6.45) is 0. The van der Waals surface area contributed by atoms with Crippen LogP contribution in [0.2, 0.25) is 10.0 Å². The van der Waals surface area contributed by atoms with Crippen LogP contribution in [0, 0.1) is 0 Å². The Labute approximate surface area is 104 Å². The lowest BCUT2D eigenvalue weighted by Gasteiger charge is -2.04. The molecule has 0 aliphatic rings. The van der Waals surface area contributed by atoms with Gasteiger partial charge in [0.15, 0.2) is 5.58 Å². The predicted octanol–water partition coefficient (Wildman–Crippen LogP) is 4.32. The highest BCUT2D eigenvalue weighted by Gasteiger charge is 2.18. The second-order valence-corrected chi connectivity index (χ2v) is 4.91. The zero-order valence-electron chi connectivity index (χ0n) is 9.18. The fraction of sp³-hybridized carbons (Fsp3) is 0.333. The summed E-state index contributed by atoms with van der Waals surface area (Å²) >= 11 is 12.1. The highest BCUT2D eigenvalue weighted by molar-refractivity contribution is 6.38. The van der Waals surface area contributed by atoms with Gasteiger partial charge in [-0.05, 0) is 18.1 Å². The molecule has 0 radical (unpaired) electrons. The van der Waals surface area contributed by atoms with Crippen LogP contribution in [0.15, 0.2) is 16.5 Å². The van der Waals surface area contributed by atoms with Crippen molar-refractivity contribution in [3.05, 3.63) is 33.5 Å². The van der Waals surface area contributed by atoms with Crippen molar-refractivity contribution in [2.45, 2.75) is 26.3 Å². The van der Waals surface area contributed by atoms with Crippen LogP contribution in [0.4, 0.5) is 0 Å². The maximum atomic E-state index is 6.09. The van der Waals surface area contributed by atoms with Gasteiger partial charge in [-0.25, -0.2) is 0 Å². The molecule has 0 unspecified atom stereocenters. The third-order valence-corrected chi connectivity index (χ3v) is 3.09. The molecule has 0 amide bonds. The lowest BCUT2D eigenvalue weighted by Crippen LogP contribution is -1.99. The molecule has 2 aromatic rings. The third-order valence-electron chi connectivity index (χ3n) is 2.59. The first kappa shape index (κ1) is 11.8. The maximum absolute atomic E-state index is 6.09. The number of halogens is 2. The van der Waals surface area contributed by atoms with Crippen molar-refractivity contribution in [2.24, 2.45) is 5.73 Å². The van der Waals surface area contributed by atoms with Crippen molar-refractivity contribution < 1.29 is 4.42 Å². The molecular formula is C12H13Cl2NO. The van der Waals surface area contributed by atoms with Crippen LogP contribution >= 0.6 is 23.2 Å². The third kappa shape index (κ3) is 1.81. The Kier molecular flexibility index (Phi) is 3.15. The molecule has 4 heteroatoms. The number of hydrogen-bond acceptors (Lipinski definition) is 2. The maximum Gasteiger partial charge on any atom is 0.153 e. The Morgan fingerprint density at radius 2 is 2.00 bits per heavy atom. The van der Waals surface area contributed by atoms with Gasteiger partial charge >= 0.3 is 0 Å². The van der Waals surface area contributed by atoms with Crippen LogP contribution in [0.3, 0.4) is 0 Å². The van der Waals surface area contributed by atoms with E-state index in [1.165, 1.54) is 0 Å². The average Bonchev–Trinajstić information content (AvgIpc) is 2.56. The summed E-state index contributed by atoms with van der Waals surface area (Å²) in [6, 6.07) is 3.56. The normalized spacial score (nSPS) is 11.6. The van der Waals surface area contributed by atoms with Crippen molar-refractivity contribution in [3.8, 4) is 0 Å². The zero-order chi connectivity index (χ0) is 11.9. The molecule has 0 aliphatic heterocycles. The van der Waals surface area contributed by atoms with Crippen molar-refractivity contribution >= 4 is 34.2 Å². The molecule has 2 rings (SSSR count). The monoisotopic (exact) mass is 257 g/mol. The second-order valence-electron chi connectivity index (χ2n) is 4.06. The Bertz CT molecular complexity index is 531. The molecule has 1 heterocycles. The van der Waals surface area contributed by atoms with Crippen LogP contribution < -0.4 is 5.73 Å². The molecule has 16 heavy (non-hydrogen) atoms. The number of nitrogens with two attached hydrogens (primary N) is 1. The van der Waals surface area contributed by atoms with E-state index in [0.717, 1.165) is 16.7 Å². The van der Waals surface area contributed by atoms with E-state index >= 15 is 0 Å². The molecule has 0 atom stereocenters. The second kappa shape index (κ2) is 4.28. The molecule has 86 valence electrons. The Morgan fingerprint density at radius 3 is 2.56 bits per heavy atom. The number of furan rings is 1. The fourth-order valence-electron chi connectivity index (χ4n) is 1.98. The van der Waals surface area contributed by atoms with Gasteiger partial charge in [-0.3, -0.25) is 0 Å². The Hall–Kier alpha value is -0.700. The van der Waals surface area contributed by atoms with E-state index < -0.39 is 0 Å². The zero-order valence-corrected chi connectivity index (χ0v) is 10.7. The topological polar surface area (TPSA) is 39.2 Å². The van der Waals surface area contributed by atoms with Crippen LogP contribution in [0.5, 0.6) is 0 Å². The highest BCUT2D eigenvalue weighted by Crippen LogP contribution is 2.37. The van der Waals surface area contributed by atoms with Crippen molar-refractivity contribution in [3.63, 3.8) is 0 Å². The fourth-order valence-corrected chi connectivity index (χ4v) is 2.51. The molecule has 1 aromatic carbocycles. The van der Waals surface area contributed by atoms with Crippen molar-refractivity contribution in [2.75, 3.05) is 0 Å². The molecule has 0 spiro atoms. The lowest BCUT2D eigenvalue weighted by molar-refractivity contribution is 0.541. The quantitative estimate of drug-likeness (QED) is 0.871. The lowest BCUT2D eigenvalue weighted by atomic mass is 9.99. The van der Waals surface area contributed by atoms with Gasteiger partial charge < -0.3 is 10.2 Å². The Balaban J connectivity index is 2.84. The van der Waals surface area contributed by atoms with Gasteiger partial charge in [0.2, 0.25) is 0 Å². The molecule has 0 fully saturated rings. The summed E-state index contributed by atoms with van der Waals surface area (Å²) in [5, 5.41) is 2.11. The van der Waals surface area contributed by atoms with E-state index in [4.69, 9.17) is 33.4 Å². The molecule has 1 aromatic heterocycles. The summed E-state index contributed by atoms with van der Waals surface area (Å²) in [7, 11) is 0. The number of fused-ring (bicyclic) bond motifs is 1. The van der Waals surface area contributed by atoms with E-state index in [1.807, 2.05) is 6.07 Å². The van der Waals surface area contributed by atoms with Gasteiger partial charge in [0, 0.05) is 16.0 Å². The molecule has 0 saturated carbocycles. The average molecular weight is 258 g/mol. The summed E-state index contributed by atoms with van der Waals surface area (Å²) in [4.78, 5) is 0. The van der Waals surface area contributed by atoms with Crippen LogP contribution in [-0.4, -0.2) is 0 Å². The summed E-state index contributed by atoms with van der Waals surface area (Å²) in [5.74, 6) is 1.11. The van der Waals surface area contributed by atoms with Gasteiger partial charge in [-0.1, -0.05) is 37.0 Å². The van der Waals surface area contributed by atoms with E-state index in [-0.39, 0.29) is 0 Å². The van der Waals surface area contributed by atoms with Crippen LogP contribution in [0.1, 0.15) is 31.1 Å². The Morgan fingerprint density at radius 1 is 1.31 bits per heavy atom. The molecule has 2 nitrogen and oxygen atoms in total. The van der Waals surface area contributed by atoms with Crippen LogP contribution in [0.25, 0.3) is 11.0 Å². The van der Waals surface area contributed by atoms with Gasteiger partial charge in [0.25, 0.3) is 0 Å². The highest BCUT2D eigenvalue weighted by atomic mass is 35.5. The minimum Gasteiger partial charge on any atom is -0.458 e. The van der Waals surface area contributed by atoms with E-state index in [1.54, 1.807) is 6.07 Å². The van der Waals surface area contributed by atoms with Gasteiger partial charge in [0.05, 0.1) is 11.6 Å². The summed E-state index contributed by atoms with van der Waals surface area (Å²) in [6.45, 7) is 4.56. The SMILES string of the molecule is CC(C)c1c(CN)oc2c(Cl)cc(Cl)cc12. The van der Waals surface area contributed by atoms with E-state index in [0.29, 0.717) is 28.1 Å².